The molecule has 1 heterocycles. The average molecular weight is 357 g/mol. The van der Waals surface area contributed by atoms with Gasteiger partial charge in [-0.15, -0.1) is 0 Å². The Labute approximate surface area is 154 Å². The molecule has 1 unspecified atom stereocenters. The summed E-state index contributed by atoms with van der Waals surface area (Å²) in [6, 6.07) is 10.3. The first-order valence-corrected chi connectivity index (χ1v) is 8.96. The molecule has 26 heavy (non-hydrogen) atoms. The van der Waals surface area contributed by atoms with Gasteiger partial charge in [-0.1, -0.05) is 13.8 Å². The van der Waals surface area contributed by atoms with Crippen LogP contribution < -0.4 is 15.5 Å². The average Bonchev–Trinajstić information content (AvgIpc) is 3.16. The summed E-state index contributed by atoms with van der Waals surface area (Å²) in [7, 11) is 0. The Kier molecular flexibility index (Phi) is 6.83. The van der Waals surface area contributed by atoms with Crippen molar-refractivity contribution in [2.75, 3.05) is 23.3 Å². The van der Waals surface area contributed by atoms with Crippen LogP contribution in [0.3, 0.4) is 0 Å². The molecule has 140 valence electrons. The summed E-state index contributed by atoms with van der Waals surface area (Å²) in [4.78, 5) is 27.0. The highest BCUT2D eigenvalue weighted by Crippen LogP contribution is 2.18. The largest absolute Gasteiger partial charge is 0.459 e. The van der Waals surface area contributed by atoms with Gasteiger partial charge >= 0.3 is 0 Å². The molecule has 1 aromatic carbocycles. The van der Waals surface area contributed by atoms with Gasteiger partial charge in [0, 0.05) is 24.5 Å². The highest BCUT2D eigenvalue weighted by atomic mass is 16.3. The molecule has 6 nitrogen and oxygen atoms in total. The summed E-state index contributed by atoms with van der Waals surface area (Å²) < 4.78 is 5.08. The van der Waals surface area contributed by atoms with Crippen molar-refractivity contribution in [3.8, 4) is 0 Å². The highest BCUT2D eigenvalue weighted by Gasteiger charge is 2.25. The lowest BCUT2D eigenvalue weighted by Crippen LogP contribution is -2.47. The van der Waals surface area contributed by atoms with Crippen LogP contribution in [-0.2, 0) is 4.79 Å². The van der Waals surface area contributed by atoms with E-state index >= 15 is 0 Å². The van der Waals surface area contributed by atoms with Gasteiger partial charge in [-0.3, -0.25) is 9.59 Å². The van der Waals surface area contributed by atoms with Gasteiger partial charge in [-0.05, 0) is 56.2 Å². The molecular weight excluding hydrogens is 330 g/mol. The molecule has 0 aliphatic rings. The van der Waals surface area contributed by atoms with Gasteiger partial charge in [0.05, 0.1) is 6.26 Å². The van der Waals surface area contributed by atoms with E-state index in [-0.39, 0.29) is 17.6 Å². The van der Waals surface area contributed by atoms with E-state index in [1.54, 1.807) is 12.1 Å². The van der Waals surface area contributed by atoms with Gasteiger partial charge in [-0.25, -0.2) is 0 Å². The minimum Gasteiger partial charge on any atom is -0.459 e. The Morgan fingerprint density at radius 2 is 1.73 bits per heavy atom. The fourth-order valence-electron chi connectivity index (χ4n) is 2.72. The number of carbonyl (C=O) groups is 2. The number of hydrogen-bond donors (Lipinski definition) is 2. The summed E-state index contributed by atoms with van der Waals surface area (Å²) in [6.45, 7) is 9.83. The molecule has 1 aromatic heterocycles. The van der Waals surface area contributed by atoms with E-state index in [9.17, 15) is 9.59 Å². The zero-order valence-electron chi connectivity index (χ0n) is 15.8. The van der Waals surface area contributed by atoms with E-state index in [0.717, 1.165) is 18.8 Å². The van der Waals surface area contributed by atoms with Crippen molar-refractivity contribution in [3.63, 3.8) is 0 Å². The molecule has 0 aliphatic heterocycles. The predicted octanol–water partition coefficient (Wildman–Crippen LogP) is 3.52. The lowest BCUT2D eigenvalue weighted by molar-refractivity contribution is -0.118. The van der Waals surface area contributed by atoms with Crippen LogP contribution >= 0.6 is 0 Å². The smallest absolute Gasteiger partial charge is 0.287 e. The van der Waals surface area contributed by atoms with Crippen molar-refractivity contribution in [2.24, 2.45) is 5.92 Å². The molecule has 2 aromatic rings. The molecule has 2 amide bonds. The summed E-state index contributed by atoms with van der Waals surface area (Å²) >= 11 is 0. The Morgan fingerprint density at radius 1 is 1.08 bits per heavy atom. The Morgan fingerprint density at radius 3 is 2.23 bits per heavy atom. The summed E-state index contributed by atoms with van der Waals surface area (Å²) in [5, 5.41) is 5.61. The van der Waals surface area contributed by atoms with Crippen LogP contribution in [0.15, 0.2) is 47.1 Å². The zero-order valence-corrected chi connectivity index (χ0v) is 15.8. The molecule has 0 saturated carbocycles. The third-order valence-corrected chi connectivity index (χ3v) is 4.24. The van der Waals surface area contributed by atoms with Gasteiger partial charge in [0.2, 0.25) is 5.91 Å². The number of benzene rings is 1. The van der Waals surface area contributed by atoms with Crippen molar-refractivity contribution in [2.45, 2.75) is 33.7 Å². The lowest BCUT2D eigenvalue weighted by atomic mass is 10.0. The fraction of sp³-hybridized carbons (Fsp3) is 0.400. The standard InChI is InChI=1S/C20H27N3O3/c1-5-23(6-2)16-11-9-15(10-12-16)21-20(25)18(14(3)4)22-19(24)17-8-7-13-26-17/h7-14,18H,5-6H2,1-4H3,(H,21,25)(H,22,24). The van der Waals surface area contributed by atoms with Crippen molar-refractivity contribution in [1.29, 1.82) is 0 Å². The fourth-order valence-corrected chi connectivity index (χ4v) is 2.72. The maximum absolute atomic E-state index is 12.6. The first-order chi connectivity index (χ1) is 12.5. The predicted molar refractivity (Wildman–Crippen MR) is 103 cm³/mol. The number of nitrogens with zero attached hydrogens (tertiary/aromatic N) is 1. The highest BCUT2D eigenvalue weighted by molar-refractivity contribution is 6.00. The molecular formula is C20H27N3O3. The van der Waals surface area contributed by atoms with Gasteiger partial charge in [0.25, 0.3) is 5.91 Å². The number of anilines is 2. The van der Waals surface area contributed by atoms with Crippen LogP contribution in [0.2, 0.25) is 0 Å². The molecule has 0 bridgehead atoms. The maximum Gasteiger partial charge on any atom is 0.287 e. The zero-order chi connectivity index (χ0) is 19.1. The molecule has 0 spiro atoms. The molecule has 0 fully saturated rings. The van der Waals surface area contributed by atoms with E-state index < -0.39 is 11.9 Å². The second-order valence-electron chi connectivity index (χ2n) is 6.38. The van der Waals surface area contributed by atoms with Crippen LogP contribution in [0.1, 0.15) is 38.2 Å². The lowest BCUT2D eigenvalue weighted by Gasteiger charge is -2.23. The van der Waals surface area contributed by atoms with Crippen LogP contribution in [0.4, 0.5) is 11.4 Å². The van der Waals surface area contributed by atoms with Crippen LogP contribution in [0.25, 0.3) is 0 Å². The molecule has 0 radical (unpaired) electrons. The van der Waals surface area contributed by atoms with Crippen molar-refractivity contribution >= 4 is 23.2 Å². The first kappa shape index (κ1) is 19.6. The second-order valence-corrected chi connectivity index (χ2v) is 6.38. The van der Waals surface area contributed by atoms with E-state index in [0.29, 0.717) is 5.69 Å². The quantitative estimate of drug-likeness (QED) is 0.758. The van der Waals surface area contributed by atoms with Crippen molar-refractivity contribution < 1.29 is 14.0 Å². The normalized spacial score (nSPS) is 11.9. The third kappa shape index (κ3) is 4.88. The van der Waals surface area contributed by atoms with Crippen LogP contribution in [0, 0.1) is 5.92 Å². The van der Waals surface area contributed by atoms with Gasteiger partial charge in [0.1, 0.15) is 6.04 Å². The molecule has 1 atom stereocenters. The Hall–Kier alpha value is -2.76. The van der Waals surface area contributed by atoms with Crippen LogP contribution in [0.5, 0.6) is 0 Å². The minimum atomic E-state index is -0.657. The van der Waals surface area contributed by atoms with E-state index in [1.165, 1.54) is 6.26 Å². The Bertz CT molecular complexity index is 704. The molecule has 6 heteroatoms. The summed E-state index contributed by atoms with van der Waals surface area (Å²) in [5.74, 6) is -0.535. The van der Waals surface area contributed by atoms with Gasteiger partial charge in [0.15, 0.2) is 5.76 Å². The topological polar surface area (TPSA) is 74.6 Å². The first-order valence-electron chi connectivity index (χ1n) is 8.96. The number of hydrogen-bond acceptors (Lipinski definition) is 4. The number of nitrogens with one attached hydrogen (secondary N) is 2. The SMILES string of the molecule is CCN(CC)c1ccc(NC(=O)C(NC(=O)c2ccco2)C(C)C)cc1. The summed E-state index contributed by atoms with van der Waals surface area (Å²) in [6.07, 6.45) is 1.43. The van der Waals surface area contributed by atoms with Crippen LogP contribution in [-0.4, -0.2) is 30.9 Å². The minimum absolute atomic E-state index is 0.0659. The van der Waals surface area contributed by atoms with Crippen molar-refractivity contribution in [1.82, 2.24) is 5.32 Å². The molecule has 0 saturated heterocycles. The molecule has 2 N–H and O–H groups in total. The van der Waals surface area contributed by atoms with Gasteiger partial charge < -0.3 is 20.0 Å². The van der Waals surface area contributed by atoms with Crippen molar-refractivity contribution in [3.05, 3.63) is 48.4 Å². The number of amides is 2. The number of carbonyl (C=O) groups excluding carboxylic acids is 2. The monoisotopic (exact) mass is 357 g/mol. The van der Waals surface area contributed by atoms with E-state index in [1.807, 2.05) is 38.1 Å². The number of furan rings is 1. The third-order valence-electron chi connectivity index (χ3n) is 4.24. The van der Waals surface area contributed by atoms with E-state index in [4.69, 9.17) is 4.42 Å². The Balaban J connectivity index is 2.04. The molecule has 0 aliphatic carbocycles. The number of rotatable bonds is 8. The summed E-state index contributed by atoms with van der Waals surface area (Å²) in [5.41, 5.74) is 1.81. The second kappa shape index (κ2) is 9.08. The van der Waals surface area contributed by atoms with E-state index in [2.05, 4.69) is 29.4 Å². The molecule has 2 rings (SSSR count). The van der Waals surface area contributed by atoms with Gasteiger partial charge in [-0.2, -0.15) is 0 Å². The maximum atomic E-state index is 12.6.